The Morgan fingerprint density at radius 3 is 2.61 bits per heavy atom. The summed E-state index contributed by atoms with van der Waals surface area (Å²) in [4.78, 5) is 4.17. The van der Waals surface area contributed by atoms with Crippen molar-refractivity contribution in [2.45, 2.75) is 39.3 Å². The molecule has 0 saturated carbocycles. The average Bonchev–Trinajstić information content (AvgIpc) is 2.45. The van der Waals surface area contributed by atoms with Crippen LogP contribution in [-0.2, 0) is 0 Å². The van der Waals surface area contributed by atoms with Crippen LogP contribution in [0, 0.1) is 5.82 Å². The molecule has 0 radical (unpaired) electrons. The van der Waals surface area contributed by atoms with Crippen molar-refractivity contribution in [3.63, 3.8) is 0 Å². The van der Waals surface area contributed by atoms with E-state index in [0.717, 1.165) is 19.0 Å². The Hall–Kier alpha value is -1.82. The van der Waals surface area contributed by atoms with Crippen LogP contribution in [0.1, 0.15) is 27.7 Å². The average molecular weight is 324 g/mol. The SMILES string of the molecule is CN=C(NCCNC(C)(C)C)NCC(C)Oc1cccc(F)c1. The van der Waals surface area contributed by atoms with Gasteiger partial charge in [0.1, 0.15) is 17.7 Å². The lowest BCUT2D eigenvalue weighted by Crippen LogP contribution is -2.46. The van der Waals surface area contributed by atoms with Crippen LogP contribution in [0.3, 0.4) is 0 Å². The van der Waals surface area contributed by atoms with E-state index in [2.05, 4.69) is 41.7 Å². The van der Waals surface area contributed by atoms with Crippen LogP contribution in [0.15, 0.2) is 29.3 Å². The molecule has 6 heteroatoms. The lowest BCUT2D eigenvalue weighted by molar-refractivity contribution is 0.223. The van der Waals surface area contributed by atoms with Gasteiger partial charge in [0.15, 0.2) is 5.96 Å². The highest BCUT2D eigenvalue weighted by atomic mass is 19.1. The number of hydrogen-bond acceptors (Lipinski definition) is 3. The summed E-state index contributed by atoms with van der Waals surface area (Å²) in [6, 6.07) is 6.15. The van der Waals surface area contributed by atoms with Crippen LogP contribution in [0.25, 0.3) is 0 Å². The first-order valence-electron chi connectivity index (χ1n) is 7.92. The van der Waals surface area contributed by atoms with Gasteiger partial charge in [-0.25, -0.2) is 4.39 Å². The predicted octanol–water partition coefficient (Wildman–Crippen LogP) is 2.15. The summed E-state index contributed by atoms with van der Waals surface area (Å²) in [5.74, 6) is 0.943. The van der Waals surface area contributed by atoms with Crippen molar-refractivity contribution < 1.29 is 9.13 Å². The zero-order valence-corrected chi connectivity index (χ0v) is 14.7. The minimum absolute atomic E-state index is 0.103. The maximum absolute atomic E-state index is 13.1. The van der Waals surface area contributed by atoms with E-state index in [-0.39, 0.29) is 17.5 Å². The molecule has 1 aromatic carbocycles. The van der Waals surface area contributed by atoms with Crippen LogP contribution >= 0.6 is 0 Å². The highest BCUT2D eigenvalue weighted by molar-refractivity contribution is 5.79. The van der Waals surface area contributed by atoms with E-state index in [9.17, 15) is 4.39 Å². The molecule has 0 heterocycles. The largest absolute Gasteiger partial charge is 0.489 e. The third kappa shape index (κ3) is 9.03. The fourth-order valence-corrected chi connectivity index (χ4v) is 1.89. The molecule has 1 aromatic rings. The Morgan fingerprint density at radius 2 is 2.00 bits per heavy atom. The normalized spacial score (nSPS) is 13.6. The Bertz CT molecular complexity index is 500. The highest BCUT2D eigenvalue weighted by Crippen LogP contribution is 2.13. The molecule has 0 spiro atoms. The van der Waals surface area contributed by atoms with Crippen LogP contribution in [0.4, 0.5) is 4.39 Å². The second kappa shape index (κ2) is 9.35. The van der Waals surface area contributed by atoms with Crippen LogP contribution in [0.2, 0.25) is 0 Å². The molecule has 0 fully saturated rings. The van der Waals surface area contributed by atoms with Crippen molar-refractivity contribution in [3.8, 4) is 5.75 Å². The highest BCUT2D eigenvalue weighted by Gasteiger charge is 2.08. The van der Waals surface area contributed by atoms with Crippen molar-refractivity contribution in [3.05, 3.63) is 30.1 Å². The molecule has 0 amide bonds. The molecule has 0 aliphatic heterocycles. The first-order valence-corrected chi connectivity index (χ1v) is 7.92. The second-order valence-electron chi connectivity index (χ2n) is 6.44. The van der Waals surface area contributed by atoms with E-state index in [0.29, 0.717) is 12.3 Å². The van der Waals surface area contributed by atoms with E-state index < -0.39 is 0 Å². The zero-order valence-electron chi connectivity index (χ0n) is 14.7. The molecule has 0 aromatic heterocycles. The molecule has 0 aliphatic carbocycles. The zero-order chi connectivity index (χ0) is 17.3. The monoisotopic (exact) mass is 324 g/mol. The lowest BCUT2D eigenvalue weighted by Gasteiger charge is -2.21. The predicted molar refractivity (Wildman–Crippen MR) is 93.6 cm³/mol. The number of nitrogens with zero attached hydrogens (tertiary/aromatic N) is 1. The van der Waals surface area contributed by atoms with Crippen LogP contribution < -0.4 is 20.7 Å². The van der Waals surface area contributed by atoms with Crippen molar-refractivity contribution in [1.82, 2.24) is 16.0 Å². The summed E-state index contributed by atoms with van der Waals surface area (Å²) in [6.07, 6.45) is -0.108. The summed E-state index contributed by atoms with van der Waals surface area (Å²) in [6.45, 7) is 10.5. The van der Waals surface area contributed by atoms with E-state index in [1.807, 2.05) is 6.92 Å². The van der Waals surface area contributed by atoms with Gasteiger partial charge in [0, 0.05) is 31.7 Å². The second-order valence-corrected chi connectivity index (χ2v) is 6.44. The molecule has 0 bridgehead atoms. The van der Waals surface area contributed by atoms with E-state index in [4.69, 9.17) is 4.74 Å². The van der Waals surface area contributed by atoms with Gasteiger partial charge in [-0.15, -0.1) is 0 Å². The van der Waals surface area contributed by atoms with Gasteiger partial charge in [0.25, 0.3) is 0 Å². The van der Waals surface area contributed by atoms with Gasteiger partial charge in [-0.05, 0) is 39.8 Å². The number of guanidine groups is 1. The molecule has 1 rings (SSSR count). The summed E-state index contributed by atoms with van der Waals surface area (Å²) < 4.78 is 18.8. The molecular weight excluding hydrogens is 295 g/mol. The van der Waals surface area contributed by atoms with Gasteiger partial charge < -0.3 is 20.7 Å². The number of halogens is 1. The Labute approximate surface area is 138 Å². The number of ether oxygens (including phenoxy) is 1. The third-order valence-electron chi connectivity index (χ3n) is 2.99. The first kappa shape index (κ1) is 19.2. The molecule has 1 atom stereocenters. The van der Waals surface area contributed by atoms with Gasteiger partial charge in [0.2, 0.25) is 0 Å². The maximum Gasteiger partial charge on any atom is 0.191 e. The first-order chi connectivity index (χ1) is 10.8. The molecule has 0 saturated heterocycles. The Kier molecular flexibility index (Phi) is 7.81. The van der Waals surface area contributed by atoms with Gasteiger partial charge in [-0.1, -0.05) is 6.07 Å². The maximum atomic E-state index is 13.1. The van der Waals surface area contributed by atoms with E-state index in [1.54, 1.807) is 19.2 Å². The summed E-state index contributed by atoms with van der Waals surface area (Å²) >= 11 is 0. The smallest absolute Gasteiger partial charge is 0.191 e. The molecule has 3 N–H and O–H groups in total. The van der Waals surface area contributed by atoms with Crippen LogP contribution in [0.5, 0.6) is 5.75 Å². The van der Waals surface area contributed by atoms with Crippen molar-refractivity contribution >= 4 is 5.96 Å². The lowest BCUT2D eigenvalue weighted by atomic mass is 10.1. The number of benzene rings is 1. The summed E-state index contributed by atoms with van der Waals surface area (Å²) in [5, 5.41) is 9.82. The fraction of sp³-hybridized carbons (Fsp3) is 0.588. The minimum atomic E-state index is -0.300. The molecular formula is C17H29FN4O. The van der Waals surface area contributed by atoms with Gasteiger partial charge >= 0.3 is 0 Å². The Morgan fingerprint density at radius 1 is 1.26 bits per heavy atom. The van der Waals surface area contributed by atoms with Crippen LogP contribution in [-0.4, -0.2) is 44.3 Å². The topological polar surface area (TPSA) is 57.7 Å². The van der Waals surface area contributed by atoms with Gasteiger partial charge in [-0.3, -0.25) is 4.99 Å². The van der Waals surface area contributed by atoms with E-state index >= 15 is 0 Å². The van der Waals surface area contributed by atoms with Gasteiger partial charge in [0.05, 0.1) is 6.54 Å². The molecule has 130 valence electrons. The number of aliphatic imine (C=N–C) groups is 1. The fourth-order valence-electron chi connectivity index (χ4n) is 1.89. The number of nitrogens with one attached hydrogen (secondary N) is 3. The molecule has 23 heavy (non-hydrogen) atoms. The third-order valence-corrected chi connectivity index (χ3v) is 2.99. The number of hydrogen-bond donors (Lipinski definition) is 3. The van der Waals surface area contributed by atoms with Crippen molar-refractivity contribution in [1.29, 1.82) is 0 Å². The Balaban J connectivity index is 2.28. The molecule has 1 unspecified atom stereocenters. The summed E-state index contributed by atoms with van der Waals surface area (Å²) in [7, 11) is 1.73. The molecule has 5 nitrogen and oxygen atoms in total. The number of rotatable bonds is 7. The van der Waals surface area contributed by atoms with E-state index in [1.165, 1.54) is 12.1 Å². The summed E-state index contributed by atoms with van der Waals surface area (Å²) in [5.41, 5.74) is 0.103. The molecule has 0 aliphatic rings. The van der Waals surface area contributed by atoms with Crippen molar-refractivity contribution in [2.75, 3.05) is 26.7 Å². The minimum Gasteiger partial charge on any atom is -0.489 e. The standard InChI is InChI=1S/C17H29FN4O/c1-13(23-15-8-6-7-14(18)11-15)12-21-16(19-5)20-9-10-22-17(2,3)4/h6-8,11,13,22H,9-10,12H2,1-5H3,(H2,19,20,21). The van der Waals surface area contributed by atoms with Gasteiger partial charge in [-0.2, -0.15) is 0 Å². The van der Waals surface area contributed by atoms with Crippen molar-refractivity contribution in [2.24, 2.45) is 4.99 Å². The quantitative estimate of drug-likeness (QED) is 0.409.